The Morgan fingerprint density at radius 2 is 2.17 bits per heavy atom. The Morgan fingerprint density at radius 1 is 1.33 bits per heavy atom. The maximum atomic E-state index is 12.7. The molecule has 3 unspecified atom stereocenters. The predicted molar refractivity (Wildman–Crippen MR) is 98.1 cm³/mol. The molecule has 2 aliphatic rings. The van der Waals surface area contributed by atoms with Crippen LogP contribution in [0.15, 0.2) is 0 Å². The van der Waals surface area contributed by atoms with E-state index < -0.39 is 0 Å². The molecule has 0 spiro atoms. The van der Waals surface area contributed by atoms with Crippen LogP contribution in [0.1, 0.15) is 46.5 Å². The highest BCUT2D eigenvalue weighted by Gasteiger charge is 2.30. The Kier molecular flexibility index (Phi) is 8.50. The van der Waals surface area contributed by atoms with E-state index in [9.17, 15) is 4.79 Å². The summed E-state index contributed by atoms with van der Waals surface area (Å²) in [6.07, 6.45) is 4.32. The first-order chi connectivity index (χ1) is 11.7. The van der Waals surface area contributed by atoms with Crippen molar-refractivity contribution in [3.8, 4) is 0 Å². The first-order valence-electron chi connectivity index (χ1n) is 9.95. The van der Waals surface area contributed by atoms with Crippen molar-refractivity contribution in [1.82, 2.24) is 15.1 Å². The number of rotatable bonds is 8. The molecule has 5 heteroatoms. The minimum absolute atomic E-state index is 0.357. The van der Waals surface area contributed by atoms with E-state index in [1.54, 1.807) is 0 Å². The van der Waals surface area contributed by atoms with E-state index in [2.05, 4.69) is 29.0 Å². The SMILES string of the molecule is CCOCCN1CCN(C(=O)CC(C)C2CCCNC2)CC1CC. The third kappa shape index (κ3) is 5.71. The molecule has 24 heavy (non-hydrogen) atoms. The summed E-state index contributed by atoms with van der Waals surface area (Å²) in [7, 11) is 0. The van der Waals surface area contributed by atoms with Crippen LogP contribution >= 0.6 is 0 Å². The third-order valence-corrected chi connectivity index (χ3v) is 5.79. The van der Waals surface area contributed by atoms with Gasteiger partial charge in [0.1, 0.15) is 0 Å². The van der Waals surface area contributed by atoms with Gasteiger partial charge in [-0.3, -0.25) is 9.69 Å². The summed E-state index contributed by atoms with van der Waals surface area (Å²) in [5.74, 6) is 1.51. The molecular weight excluding hydrogens is 302 g/mol. The molecule has 3 atom stereocenters. The van der Waals surface area contributed by atoms with Gasteiger partial charge in [-0.1, -0.05) is 13.8 Å². The number of carbonyl (C=O) groups is 1. The summed E-state index contributed by atoms with van der Waals surface area (Å²) >= 11 is 0. The van der Waals surface area contributed by atoms with Crippen LogP contribution < -0.4 is 5.32 Å². The van der Waals surface area contributed by atoms with Gasteiger partial charge in [0.15, 0.2) is 0 Å². The monoisotopic (exact) mass is 339 g/mol. The molecule has 0 aromatic rings. The Bertz CT molecular complexity index is 372. The summed E-state index contributed by atoms with van der Waals surface area (Å²) in [5.41, 5.74) is 0. The van der Waals surface area contributed by atoms with Crippen LogP contribution in [0.2, 0.25) is 0 Å². The Labute approximate surface area is 148 Å². The standard InChI is InChI=1S/C19H37N3O2/c1-4-18-15-22(10-9-21(18)11-12-24-5-2)19(23)13-16(3)17-7-6-8-20-14-17/h16-18,20H,4-15H2,1-3H3. The second kappa shape index (κ2) is 10.4. The molecule has 0 aromatic heterocycles. The minimum Gasteiger partial charge on any atom is -0.380 e. The first kappa shape index (κ1) is 19.7. The number of nitrogens with zero attached hydrogens (tertiary/aromatic N) is 2. The van der Waals surface area contributed by atoms with Gasteiger partial charge in [0.05, 0.1) is 6.61 Å². The lowest BCUT2D eigenvalue weighted by molar-refractivity contribution is -0.135. The van der Waals surface area contributed by atoms with Crippen LogP contribution in [0, 0.1) is 11.8 Å². The fourth-order valence-corrected chi connectivity index (χ4v) is 4.06. The number of piperazine rings is 1. The van der Waals surface area contributed by atoms with Gasteiger partial charge >= 0.3 is 0 Å². The van der Waals surface area contributed by atoms with Crippen molar-refractivity contribution in [3.63, 3.8) is 0 Å². The van der Waals surface area contributed by atoms with Gasteiger partial charge in [-0.05, 0) is 51.1 Å². The average Bonchev–Trinajstić information content (AvgIpc) is 2.62. The molecule has 140 valence electrons. The van der Waals surface area contributed by atoms with Gasteiger partial charge in [0.2, 0.25) is 5.91 Å². The highest BCUT2D eigenvalue weighted by molar-refractivity contribution is 5.76. The summed E-state index contributed by atoms with van der Waals surface area (Å²) < 4.78 is 5.50. The van der Waals surface area contributed by atoms with E-state index in [4.69, 9.17) is 4.74 Å². The van der Waals surface area contributed by atoms with Crippen molar-refractivity contribution < 1.29 is 9.53 Å². The third-order valence-electron chi connectivity index (χ3n) is 5.79. The molecular formula is C19H37N3O2. The van der Waals surface area contributed by atoms with E-state index in [1.807, 2.05) is 6.92 Å². The van der Waals surface area contributed by atoms with Crippen molar-refractivity contribution in [1.29, 1.82) is 0 Å². The topological polar surface area (TPSA) is 44.8 Å². The quantitative estimate of drug-likeness (QED) is 0.687. The minimum atomic E-state index is 0.357. The fourth-order valence-electron chi connectivity index (χ4n) is 4.06. The summed E-state index contributed by atoms with van der Waals surface area (Å²) in [4.78, 5) is 17.3. The molecule has 5 nitrogen and oxygen atoms in total. The van der Waals surface area contributed by atoms with Crippen molar-refractivity contribution in [2.24, 2.45) is 11.8 Å². The van der Waals surface area contributed by atoms with Gasteiger partial charge in [-0.2, -0.15) is 0 Å². The molecule has 0 bridgehead atoms. The molecule has 1 N–H and O–H groups in total. The highest BCUT2D eigenvalue weighted by Crippen LogP contribution is 2.24. The van der Waals surface area contributed by atoms with Crippen LogP contribution in [-0.2, 0) is 9.53 Å². The van der Waals surface area contributed by atoms with Crippen LogP contribution in [0.5, 0.6) is 0 Å². The second-order valence-corrected chi connectivity index (χ2v) is 7.42. The molecule has 0 saturated carbocycles. The summed E-state index contributed by atoms with van der Waals surface area (Å²) in [5, 5.41) is 3.47. The lowest BCUT2D eigenvalue weighted by Crippen LogP contribution is -2.55. The lowest BCUT2D eigenvalue weighted by atomic mass is 9.85. The number of hydrogen-bond donors (Lipinski definition) is 1. The van der Waals surface area contributed by atoms with Gasteiger partial charge in [0, 0.05) is 45.2 Å². The number of nitrogens with one attached hydrogen (secondary N) is 1. The molecule has 2 fully saturated rings. The first-order valence-corrected chi connectivity index (χ1v) is 9.95. The van der Waals surface area contributed by atoms with Crippen molar-refractivity contribution in [2.45, 2.75) is 52.5 Å². The largest absolute Gasteiger partial charge is 0.380 e. The Balaban J connectivity index is 1.78. The smallest absolute Gasteiger partial charge is 0.222 e. The molecule has 0 radical (unpaired) electrons. The summed E-state index contributed by atoms with van der Waals surface area (Å²) in [6.45, 7) is 14.0. The molecule has 2 aliphatic heterocycles. The molecule has 0 aliphatic carbocycles. The van der Waals surface area contributed by atoms with Gasteiger partial charge in [-0.15, -0.1) is 0 Å². The van der Waals surface area contributed by atoms with Crippen molar-refractivity contribution in [2.75, 3.05) is 52.5 Å². The number of piperidine rings is 1. The zero-order chi connectivity index (χ0) is 17.4. The zero-order valence-corrected chi connectivity index (χ0v) is 15.9. The number of hydrogen-bond acceptors (Lipinski definition) is 4. The van der Waals surface area contributed by atoms with E-state index in [0.29, 0.717) is 30.2 Å². The highest BCUT2D eigenvalue weighted by atomic mass is 16.5. The van der Waals surface area contributed by atoms with Crippen molar-refractivity contribution in [3.05, 3.63) is 0 Å². The van der Waals surface area contributed by atoms with Gasteiger partial charge < -0.3 is 15.0 Å². The Morgan fingerprint density at radius 3 is 2.83 bits per heavy atom. The van der Waals surface area contributed by atoms with Crippen LogP contribution in [-0.4, -0.2) is 74.2 Å². The predicted octanol–water partition coefficient (Wildman–Crippen LogP) is 1.97. The van der Waals surface area contributed by atoms with E-state index >= 15 is 0 Å². The number of ether oxygens (including phenoxy) is 1. The summed E-state index contributed by atoms with van der Waals surface area (Å²) in [6, 6.07) is 0.481. The molecule has 0 aromatic carbocycles. The van der Waals surface area contributed by atoms with Crippen LogP contribution in [0.4, 0.5) is 0 Å². The second-order valence-electron chi connectivity index (χ2n) is 7.42. The normalized spacial score (nSPS) is 27.2. The van der Waals surface area contributed by atoms with Crippen LogP contribution in [0.3, 0.4) is 0 Å². The van der Waals surface area contributed by atoms with Crippen molar-refractivity contribution >= 4 is 5.91 Å². The van der Waals surface area contributed by atoms with E-state index in [0.717, 1.165) is 58.9 Å². The number of carbonyl (C=O) groups excluding carboxylic acids is 1. The molecule has 2 heterocycles. The number of amides is 1. The van der Waals surface area contributed by atoms with Gasteiger partial charge in [0.25, 0.3) is 0 Å². The molecule has 2 rings (SSSR count). The average molecular weight is 340 g/mol. The van der Waals surface area contributed by atoms with Crippen LogP contribution in [0.25, 0.3) is 0 Å². The van der Waals surface area contributed by atoms with Gasteiger partial charge in [-0.25, -0.2) is 0 Å². The Hall–Kier alpha value is -0.650. The molecule has 2 saturated heterocycles. The maximum absolute atomic E-state index is 12.7. The molecule has 1 amide bonds. The fraction of sp³-hybridized carbons (Fsp3) is 0.947. The lowest BCUT2D eigenvalue weighted by Gasteiger charge is -2.41. The zero-order valence-electron chi connectivity index (χ0n) is 15.9. The van der Waals surface area contributed by atoms with E-state index in [1.165, 1.54) is 12.8 Å². The van der Waals surface area contributed by atoms with E-state index in [-0.39, 0.29) is 0 Å². The maximum Gasteiger partial charge on any atom is 0.222 e.